The molecule has 7 heteroatoms. The number of amides is 2. The SMILES string of the molecule is CCC1(C)Oc2ccc(NC(=O)N3CCC4(C3)Oc3ccccc3O4)cc2O1. The van der Waals surface area contributed by atoms with Gasteiger partial charge in [0.15, 0.2) is 23.0 Å². The number of likely N-dealkylation sites (tertiary alicyclic amines) is 1. The average molecular weight is 382 g/mol. The lowest BCUT2D eigenvalue weighted by atomic mass is 10.2. The number of carbonyl (C=O) groups excluding carboxylic acids is 1. The molecule has 2 aromatic carbocycles. The predicted molar refractivity (Wildman–Crippen MR) is 102 cm³/mol. The van der Waals surface area contributed by atoms with Crippen molar-refractivity contribution in [1.82, 2.24) is 4.90 Å². The molecule has 0 radical (unpaired) electrons. The lowest BCUT2D eigenvalue weighted by Gasteiger charge is -2.23. The Balaban J connectivity index is 1.25. The monoisotopic (exact) mass is 382 g/mol. The summed E-state index contributed by atoms with van der Waals surface area (Å²) in [6.07, 6.45) is 1.34. The predicted octanol–water partition coefficient (Wildman–Crippen LogP) is 3.99. The molecule has 3 heterocycles. The van der Waals surface area contributed by atoms with Crippen LogP contribution < -0.4 is 24.3 Å². The van der Waals surface area contributed by atoms with Crippen molar-refractivity contribution >= 4 is 11.7 Å². The fraction of sp³-hybridized carbons (Fsp3) is 0.381. The fourth-order valence-corrected chi connectivity index (χ4v) is 3.72. The third-order valence-corrected chi connectivity index (χ3v) is 5.41. The Morgan fingerprint density at radius 1 is 1.04 bits per heavy atom. The smallest absolute Gasteiger partial charge is 0.322 e. The number of anilines is 1. The first kappa shape index (κ1) is 17.0. The third kappa shape index (κ3) is 2.78. The minimum absolute atomic E-state index is 0.197. The highest BCUT2D eigenvalue weighted by Gasteiger charge is 2.48. The largest absolute Gasteiger partial charge is 0.449 e. The van der Waals surface area contributed by atoms with E-state index in [1.807, 2.05) is 50.2 Å². The number of carbonyl (C=O) groups is 1. The van der Waals surface area contributed by atoms with E-state index in [9.17, 15) is 4.79 Å². The molecular formula is C21H22N2O5. The van der Waals surface area contributed by atoms with Crippen LogP contribution in [0.1, 0.15) is 26.7 Å². The first-order chi connectivity index (χ1) is 13.5. The molecule has 1 fully saturated rings. The van der Waals surface area contributed by atoms with E-state index in [1.165, 1.54) is 0 Å². The molecule has 3 aliphatic rings. The lowest BCUT2D eigenvalue weighted by Crippen LogP contribution is -2.43. The van der Waals surface area contributed by atoms with Crippen molar-refractivity contribution in [2.24, 2.45) is 0 Å². The van der Waals surface area contributed by atoms with E-state index in [0.29, 0.717) is 36.7 Å². The fourth-order valence-electron chi connectivity index (χ4n) is 3.72. The maximum Gasteiger partial charge on any atom is 0.322 e. The second-order valence-electron chi connectivity index (χ2n) is 7.52. The molecule has 146 valence electrons. The quantitative estimate of drug-likeness (QED) is 0.851. The molecule has 0 saturated carbocycles. The maximum absolute atomic E-state index is 12.7. The summed E-state index contributed by atoms with van der Waals surface area (Å²) in [7, 11) is 0. The van der Waals surface area contributed by atoms with E-state index in [-0.39, 0.29) is 6.03 Å². The standard InChI is InChI=1S/C21H22N2O5/c1-3-20(2)25-17-9-8-14(12-18(17)26-20)22-19(24)23-11-10-21(13-23)27-15-6-4-5-7-16(15)28-21/h4-9,12H,3,10-11,13H2,1-2H3,(H,22,24). The number of rotatable bonds is 2. The summed E-state index contributed by atoms with van der Waals surface area (Å²) < 4.78 is 23.7. The Morgan fingerprint density at radius 3 is 2.43 bits per heavy atom. The van der Waals surface area contributed by atoms with E-state index >= 15 is 0 Å². The van der Waals surface area contributed by atoms with Crippen molar-refractivity contribution in [3.8, 4) is 23.0 Å². The minimum Gasteiger partial charge on any atom is -0.449 e. The molecule has 1 N–H and O–H groups in total. The topological polar surface area (TPSA) is 69.3 Å². The van der Waals surface area contributed by atoms with Gasteiger partial charge in [0.25, 0.3) is 5.79 Å². The number of fused-ring (bicyclic) bond motifs is 2. The molecule has 0 aromatic heterocycles. The highest BCUT2D eigenvalue weighted by Crippen LogP contribution is 2.44. The molecule has 1 saturated heterocycles. The number of hydrogen-bond donors (Lipinski definition) is 1. The number of nitrogens with one attached hydrogen (secondary N) is 1. The van der Waals surface area contributed by atoms with Gasteiger partial charge in [0.05, 0.1) is 6.54 Å². The van der Waals surface area contributed by atoms with Gasteiger partial charge in [-0.15, -0.1) is 0 Å². The highest BCUT2D eigenvalue weighted by atomic mass is 16.7. The molecule has 1 atom stereocenters. The van der Waals surface area contributed by atoms with E-state index < -0.39 is 11.6 Å². The first-order valence-corrected chi connectivity index (χ1v) is 9.53. The molecule has 1 unspecified atom stereocenters. The Kier molecular flexibility index (Phi) is 3.62. The summed E-state index contributed by atoms with van der Waals surface area (Å²) >= 11 is 0. The molecule has 2 amide bonds. The van der Waals surface area contributed by atoms with E-state index in [2.05, 4.69) is 5.32 Å². The Bertz CT molecular complexity index is 921. The van der Waals surface area contributed by atoms with Crippen molar-refractivity contribution in [2.45, 2.75) is 38.3 Å². The van der Waals surface area contributed by atoms with Gasteiger partial charge in [0, 0.05) is 38.1 Å². The van der Waals surface area contributed by atoms with Gasteiger partial charge in [-0.2, -0.15) is 0 Å². The van der Waals surface area contributed by atoms with E-state index in [1.54, 1.807) is 11.0 Å². The van der Waals surface area contributed by atoms with Gasteiger partial charge >= 0.3 is 6.03 Å². The van der Waals surface area contributed by atoms with Crippen molar-refractivity contribution in [1.29, 1.82) is 0 Å². The summed E-state index contributed by atoms with van der Waals surface area (Å²) in [5, 5.41) is 2.93. The normalized spacial score (nSPS) is 23.3. The van der Waals surface area contributed by atoms with Crippen LogP contribution in [0.2, 0.25) is 0 Å². The summed E-state index contributed by atoms with van der Waals surface area (Å²) in [6.45, 7) is 4.82. The third-order valence-electron chi connectivity index (χ3n) is 5.41. The molecule has 7 nitrogen and oxygen atoms in total. The maximum atomic E-state index is 12.7. The van der Waals surface area contributed by atoms with Crippen molar-refractivity contribution < 1.29 is 23.7 Å². The minimum atomic E-state index is -0.793. The van der Waals surface area contributed by atoms with Gasteiger partial charge in [-0.1, -0.05) is 19.1 Å². The van der Waals surface area contributed by atoms with Crippen LogP contribution in [-0.4, -0.2) is 35.6 Å². The van der Waals surface area contributed by atoms with Crippen molar-refractivity contribution in [2.75, 3.05) is 18.4 Å². The first-order valence-electron chi connectivity index (χ1n) is 9.53. The summed E-state index contributed by atoms with van der Waals surface area (Å²) in [5.41, 5.74) is 0.658. The molecule has 2 aromatic rings. The van der Waals surface area contributed by atoms with Crippen LogP contribution >= 0.6 is 0 Å². The van der Waals surface area contributed by atoms with E-state index in [0.717, 1.165) is 17.9 Å². The number of hydrogen-bond acceptors (Lipinski definition) is 5. The number of nitrogens with zero attached hydrogens (tertiary/aromatic N) is 1. The second-order valence-corrected chi connectivity index (χ2v) is 7.52. The van der Waals surface area contributed by atoms with Crippen LogP contribution in [0.15, 0.2) is 42.5 Å². The van der Waals surface area contributed by atoms with Gasteiger partial charge in [0.1, 0.15) is 0 Å². The van der Waals surface area contributed by atoms with Crippen molar-refractivity contribution in [3.05, 3.63) is 42.5 Å². The van der Waals surface area contributed by atoms with Gasteiger partial charge in [-0.3, -0.25) is 0 Å². The van der Waals surface area contributed by atoms with Crippen LogP contribution in [-0.2, 0) is 0 Å². The van der Waals surface area contributed by atoms with Crippen molar-refractivity contribution in [3.63, 3.8) is 0 Å². The molecule has 1 spiro atoms. The summed E-state index contributed by atoms with van der Waals surface area (Å²) in [4.78, 5) is 14.4. The van der Waals surface area contributed by atoms with Gasteiger partial charge < -0.3 is 29.2 Å². The number of urea groups is 1. The van der Waals surface area contributed by atoms with Gasteiger partial charge in [-0.25, -0.2) is 4.79 Å². The zero-order valence-corrected chi connectivity index (χ0v) is 15.9. The Labute approximate surface area is 163 Å². The zero-order chi connectivity index (χ0) is 19.4. The number of ether oxygens (including phenoxy) is 4. The van der Waals surface area contributed by atoms with E-state index in [4.69, 9.17) is 18.9 Å². The average Bonchev–Trinajstić information content (AvgIpc) is 3.36. The Hall–Kier alpha value is -3.09. The van der Waals surface area contributed by atoms with Gasteiger partial charge in [-0.05, 0) is 24.3 Å². The molecule has 0 bridgehead atoms. The molecule has 5 rings (SSSR count). The van der Waals surface area contributed by atoms with Crippen LogP contribution in [0.5, 0.6) is 23.0 Å². The molecule has 0 aliphatic carbocycles. The van der Waals surface area contributed by atoms with Gasteiger partial charge in [0.2, 0.25) is 5.79 Å². The highest BCUT2D eigenvalue weighted by molar-refractivity contribution is 5.90. The van der Waals surface area contributed by atoms with Crippen LogP contribution in [0, 0.1) is 0 Å². The summed E-state index contributed by atoms with van der Waals surface area (Å²) in [6, 6.07) is 12.8. The van der Waals surface area contributed by atoms with Crippen LogP contribution in [0.4, 0.5) is 10.5 Å². The lowest BCUT2D eigenvalue weighted by molar-refractivity contribution is -0.0650. The molecule has 3 aliphatic heterocycles. The Morgan fingerprint density at radius 2 is 1.71 bits per heavy atom. The second kappa shape index (κ2) is 5.95. The van der Waals surface area contributed by atoms with Crippen LogP contribution in [0.25, 0.3) is 0 Å². The zero-order valence-electron chi connectivity index (χ0n) is 15.9. The molecular weight excluding hydrogens is 360 g/mol. The number of para-hydroxylation sites is 2. The number of benzene rings is 2. The molecule has 28 heavy (non-hydrogen) atoms. The summed E-state index contributed by atoms with van der Waals surface area (Å²) in [5.74, 6) is 1.32. The van der Waals surface area contributed by atoms with Crippen LogP contribution in [0.3, 0.4) is 0 Å².